The summed E-state index contributed by atoms with van der Waals surface area (Å²) in [6.45, 7) is 6.76. The van der Waals surface area contributed by atoms with Crippen LogP contribution in [-0.4, -0.2) is 31.1 Å². The topological polar surface area (TPSA) is 12.5 Å². The van der Waals surface area contributed by atoms with Gasteiger partial charge in [0.25, 0.3) is 0 Å². The third-order valence-electron chi connectivity index (χ3n) is 3.42. The normalized spacial score (nSPS) is 16.3. The minimum atomic E-state index is 0.835. The Morgan fingerprint density at radius 2 is 1.82 bits per heavy atom. The predicted molar refractivity (Wildman–Crippen MR) is 71.6 cm³/mol. The van der Waals surface area contributed by atoms with Crippen LogP contribution in [0.15, 0.2) is 24.3 Å². The fraction of sp³-hybridized carbons (Fsp3) is 0.600. The molecule has 0 N–H and O–H groups in total. The van der Waals surface area contributed by atoms with E-state index < -0.39 is 0 Å². The van der Waals surface area contributed by atoms with E-state index in [1.807, 2.05) is 0 Å². The number of likely N-dealkylation sites (tertiary alicyclic amines) is 1. The minimum absolute atomic E-state index is 0.835. The van der Waals surface area contributed by atoms with E-state index in [1.165, 1.54) is 38.0 Å². The Balaban J connectivity index is 1.63. The predicted octanol–water partition coefficient (Wildman–Crippen LogP) is 3.11. The highest BCUT2D eigenvalue weighted by Crippen LogP contribution is 2.13. The van der Waals surface area contributed by atoms with Crippen LogP contribution in [0.4, 0.5) is 0 Å². The van der Waals surface area contributed by atoms with E-state index in [0.29, 0.717) is 0 Å². The Morgan fingerprint density at radius 3 is 2.47 bits per heavy atom. The number of hydrogen-bond acceptors (Lipinski definition) is 2. The van der Waals surface area contributed by atoms with Crippen LogP contribution < -0.4 is 4.74 Å². The molecule has 1 saturated heterocycles. The highest BCUT2D eigenvalue weighted by atomic mass is 16.5. The summed E-state index contributed by atoms with van der Waals surface area (Å²) in [6.07, 6.45) is 4.98. The van der Waals surface area contributed by atoms with E-state index in [4.69, 9.17) is 4.74 Å². The molecule has 0 bridgehead atoms. The summed E-state index contributed by atoms with van der Waals surface area (Å²) < 4.78 is 5.74. The SMILES string of the molecule is CCc1ccc(OCCCN2CCCC2)cc1. The van der Waals surface area contributed by atoms with E-state index in [0.717, 1.165) is 25.2 Å². The molecule has 0 amide bonds. The lowest BCUT2D eigenvalue weighted by atomic mass is 10.2. The second-order valence-electron chi connectivity index (χ2n) is 4.75. The summed E-state index contributed by atoms with van der Waals surface area (Å²) in [6, 6.07) is 8.45. The quantitative estimate of drug-likeness (QED) is 0.700. The van der Waals surface area contributed by atoms with Crippen LogP contribution in [0.1, 0.15) is 31.7 Å². The molecule has 2 rings (SSSR count). The lowest BCUT2D eigenvalue weighted by Crippen LogP contribution is -2.21. The molecule has 0 radical (unpaired) electrons. The third kappa shape index (κ3) is 4.04. The molecule has 0 aromatic heterocycles. The fourth-order valence-electron chi connectivity index (χ4n) is 2.31. The van der Waals surface area contributed by atoms with Crippen molar-refractivity contribution in [1.29, 1.82) is 0 Å². The number of nitrogens with zero attached hydrogens (tertiary/aromatic N) is 1. The Morgan fingerprint density at radius 1 is 1.12 bits per heavy atom. The highest BCUT2D eigenvalue weighted by molar-refractivity contribution is 5.27. The molecule has 94 valence electrons. The maximum Gasteiger partial charge on any atom is 0.119 e. The zero-order valence-corrected chi connectivity index (χ0v) is 10.8. The Bertz CT molecular complexity index is 314. The van der Waals surface area contributed by atoms with Gasteiger partial charge in [0.1, 0.15) is 5.75 Å². The van der Waals surface area contributed by atoms with Crippen molar-refractivity contribution >= 4 is 0 Å². The molecule has 1 aromatic rings. The van der Waals surface area contributed by atoms with E-state index in [-0.39, 0.29) is 0 Å². The molecule has 1 fully saturated rings. The van der Waals surface area contributed by atoms with E-state index in [1.54, 1.807) is 0 Å². The summed E-state index contributed by atoms with van der Waals surface area (Å²) in [7, 11) is 0. The molecule has 2 nitrogen and oxygen atoms in total. The Hall–Kier alpha value is -1.02. The van der Waals surface area contributed by atoms with Crippen LogP contribution in [-0.2, 0) is 6.42 Å². The fourth-order valence-corrected chi connectivity index (χ4v) is 2.31. The average Bonchev–Trinajstić information content (AvgIpc) is 2.88. The third-order valence-corrected chi connectivity index (χ3v) is 3.42. The molecule has 0 saturated carbocycles. The molecular weight excluding hydrogens is 210 g/mol. The standard InChI is InChI=1S/C15H23NO/c1-2-14-6-8-15(9-7-14)17-13-5-12-16-10-3-4-11-16/h6-9H,2-5,10-13H2,1H3. The van der Waals surface area contributed by atoms with Gasteiger partial charge in [0, 0.05) is 6.54 Å². The molecule has 1 aliphatic rings. The van der Waals surface area contributed by atoms with Crippen molar-refractivity contribution in [3.05, 3.63) is 29.8 Å². The number of benzene rings is 1. The molecule has 1 aromatic carbocycles. The monoisotopic (exact) mass is 233 g/mol. The first-order chi connectivity index (χ1) is 8.38. The van der Waals surface area contributed by atoms with Gasteiger partial charge < -0.3 is 9.64 Å². The van der Waals surface area contributed by atoms with Crippen LogP contribution in [0, 0.1) is 0 Å². The minimum Gasteiger partial charge on any atom is -0.494 e. The van der Waals surface area contributed by atoms with Gasteiger partial charge in [-0.2, -0.15) is 0 Å². The van der Waals surface area contributed by atoms with Crippen LogP contribution in [0.5, 0.6) is 5.75 Å². The molecular formula is C15H23NO. The van der Waals surface area contributed by atoms with Gasteiger partial charge in [-0.25, -0.2) is 0 Å². The number of aryl methyl sites for hydroxylation is 1. The lowest BCUT2D eigenvalue weighted by Gasteiger charge is -2.14. The Kier molecular flexibility index (Phi) is 4.87. The van der Waals surface area contributed by atoms with Crippen molar-refractivity contribution in [2.45, 2.75) is 32.6 Å². The largest absolute Gasteiger partial charge is 0.494 e. The van der Waals surface area contributed by atoms with Gasteiger partial charge in [0.2, 0.25) is 0 Å². The molecule has 0 spiro atoms. The van der Waals surface area contributed by atoms with Gasteiger partial charge in [-0.15, -0.1) is 0 Å². The van der Waals surface area contributed by atoms with Crippen molar-refractivity contribution in [2.75, 3.05) is 26.2 Å². The summed E-state index contributed by atoms with van der Waals surface area (Å²) >= 11 is 0. The lowest BCUT2D eigenvalue weighted by molar-refractivity contribution is 0.263. The summed E-state index contributed by atoms with van der Waals surface area (Å²) in [5.74, 6) is 1.00. The first-order valence-electron chi connectivity index (χ1n) is 6.82. The molecule has 1 aliphatic heterocycles. The first-order valence-corrected chi connectivity index (χ1v) is 6.82. The number of ether oxygens (including phenoxy) is 1. The molecule has 0 aliphatic carbocycles. The molecule has 2 heteroatoms. The highest BCUT2D eigenvalue weighted by Gasteiger charge is 2.10. The number of hydrogen-bond donors (Lipinski definition) is 0. The van der Waals surface area contributed by atoms with Gasteiger partial charge in [0.05, 0.1) is 6.61 Å². The summed E-state index contributed by atoms with van der Waals surface area (Å²) in [4.78, 5) is 2.53. The number of rotatable bonds is 6. The molecule has 0 atom stereocenters. The van der Waals surface area contributed by atoms with Gasteiger partial charge in [0.15, 0.2) is 0 Å². The van der Waals surface area contributed by atoms with E-state index in [9.17, 15) is 0 Å². The van der Waals surface area contributed by atoms with Crippen LogP contribution in [0.3, 0.4) is 0 Å². The van der Waals surface area contributed by atoms with Crippen LogP contribution in [0.25, 0.3) is 0 Å². The van der Waals surface area contributed by atoms with Gasteiger partial charge in [-0.3, -0.25) is 0 Å². The zero-order chi connectivity index (χ0) is 11.9. The Labute approximate surface area is 105 Å². The second-order valence-corrected chi connectivity index (χ2v) is 4.75. The summed E-state index contributed by atoms with van der Waals surface area (Å²) in [5, 5.41) is 0. The summed E-state index contributed by atoms with van der Waals surface area (Å²) in [5.41, 5.74) is 1.37. The van der Waals surface area contributed by atoms with E-state index in [2.05, 4.69) is 36.1 Å². The van der Waals surface area contributed by atoms with Gasteiger partial charge in [-0.05, 0) is 56.5 Å². The van der Waals surface area contributed by atoms with Crippen molar-refractivity contribution in [3.63, 3.8) is 0 Å². The van der Waals surface area contributed by atoms with Crippen LogP contribution in [0.2, 0.25) is 0 Å². The molecule has 17 heavy (non-hydrogen) atoms. The van der Waals surface area contributed by atoms with Gasteiger partial charge >= 0.3 is 0 Å². The molecule has 1 heterocycles. The first kappa shape index (κ1) is 12.4. The van der Waals surface area contributed by atoms with Crippen molar-refractivity contribution < 1.29 is 4.74 Å². The maximum atomic E-state index is 5.74. The van der Waals surface area contributed by atoms with Crippen molar-refractivity contribution in [3.8, 4) is 5.75 Å². The van der Waals surface area contributed by atoms with E-state index >= 15 is 0 Å². The van der Waals surface area contributed by atoms with Crippen LogP contribution >= 0.6 is 0 Å². The zero-order valence-electron chi connectivity index (χ0n) is 10.8. The van der Waals surface area contributed by atoms with Gasteiger partial charge in [-0.1, -0.05) is 19.1 Å². The van der Waals surface area contributed by atoms with Crippen molar-refractivity contribution in [2.24, 2.45) is 0 Å². The second kappa shape index (κ2) is 6.65. The molecule has 0 unspecified atom stereocenters. The average molecular weight is 233 g/mol. The van der Waals surface area contributed by atoms with Crippen molar-refractivity contribution in [1.82, 2.24) is 4.90 Å². The maximum absolute atomic E-state index is 5.74. The smallest absolute Gasteiger partial charge is 0.119 e.